The molecule has 0 bridgehead atoms. The normalized spacial score (nSPS) is 11.0. The van der Waals surface area contributed by atoms with Gasteiger partial charge in [-0.1, -0.05) is 29.3 Å². The van der Waals surface area contributed by atoms with Crippen LogP contribution in [0, 0.1) is 20.8 Å². The molecule has 0 unspecified atom stereocenters. The molecule has 0 aliphatic rings. The molecule has 0 aliphatic carbocycles. The fourth-order valence-corrected chi connectivity index (χ4v) is 3.80. The molecule has 154 valence electrons. The van der Waals surface area contributed by atoms with Gasteiger partial charge in [0.15, 0.2) is 5.11 Å². The van der Waals surface area contributed by atoms with Gasteiger partial charge in [0.1, 0.15) is 0 Å². The largest absolute Gasteiger partial charge is 0.358 e. The number of thiocarbonyl (C=S) groups is 1. The van der Waals surface area contributed by atoms with E-state index in [1.54, 1.807) is 6.07 Å². The Labute approximate surface area is 186 Å². The van der Waals surface area contributed by atoms with Crippen LogP contribution >= 0.6 is 35.4 Å². The highest BCUT2D eigenvalue weighted by molar-refractivity contribution is 7.80. The third-order valence-electron chi connectivity index (χ3n) is 4.90. The maximum atomic E-state index is 6.31. The molecule has 29 heavy (non-hydrogen) atoms. The summed E-state index contributed by atoms with van der Waals surface area (Å²) < 4.78 is 3.87. The molecule has 2 aromatic heterocycles. The predicted molar refractivity (Wildman–Crippen MR) is 123 cm³/mol. The zero-order valence-electron chi connectivity index (χ0n) is 16.9. The highest BCUT2D eigenvalue weighted by atomic mass is 35.5. The molecule has 0 saturated heterocycles. The van der Waals surface area contributed by atoms with Crippen molar-refractivity contribution in [3.05, 3.63) is 62.6 Å². The maximum absolute atomic E-state index is 6.31. The van der Waals surface area contributed by atoms with Crippen molar-refractivity contribution in [1.29, 1.82) is 0 Å². The number of nitrogens with one attached hydrogen (secondary N) is 2. The van der Waals surface area contributed by atoms with Crippen molar-refractivity contribution >= 4 is 46.2 Å². The average Bonchev–Trinajstić information content (AvgIpc) is 3.16. The van der Waals surface area contributed by atoms with Gasteiger partial charge in [-0.25, -0.2) is 0 Å². The Morgan fingerprint density at radius 1 is 1.10 bits per heavy atom. The van der Waals surface area contributed by atoms with Crippen molar-refractivity contribution in [2.24, 2.45) is 0 Å². The molecule has 3 rings (SSSR count). The predicted octanol–water partition coefficient (Wildman–Crippen LogP) is 4.87. The first kappa shape index (κ1) is 21.6. The summed E-state index contributed by atoms with van der Waals surface area (Å²) in [6, 6.07) is 5.49. The quantitative estimate of drug-likeness (QED) is 0.524. The lowest BCUT2D eigenvalue weighted by molar-refractivity contribution is 0.638. The third-order valence-corrected chi connectivity index (χ3v) is 5.73. The van der Waals surface area contributed by atoms with Gasteiger partial charge in [0.25, 0.3) is 0 Å². The molecule has 6 nitrogen and oxygen atoms in total. The summed E-state index contributed by atoms with van der Waals surface area (Å²) in [6.07, 6.45) is 1.87. The minimum atomic E-state index is 0.545. The summed E-state index contributed by atoms with van der Waals surface area (Å²) in [7, 11) is 0. The SMILES string of the molecule is CCn1ncc(CNC(=S)Nc2c(C)nn(Cc3ccc(Cl)cc3Cl)c2C)c1C. The van der Waals surface area contributed by atoms with Gasteiger partial charge in [0, 0.05) is 34.4 Å². The van der Waals surface area contributed by atoms with Gasteiger partial charge >= 0.3 is 0 Å². The first-order valence-corrected chi connectivity index (χ1v) is 10.5. The third kappa shape index (κ3) is 4.91. The van der Waals surface area contributed by atoms with Crippen molar-refractivity contribution in [2.45, 2.75) is 47.3 Å². The van der Waals surface area contributed by atoms with Crippen molar-refractivity contribution in [1.82, 2.24) is 24.9 Å². The maximum Gasteiger partial charge on any atom is 0.171 e. The lowest BCUT2D eigenvalue weighted by atomic mass is 10.2. The molecule has 0 radical (unpaired) electrons. The summed E-state index contributed by atoms with van der Waals surface area (Å²) in [5, 5.41) is 17.3. The van der Waals surface area contributed by atoms with Crippen LogP contribution in [0.2, 0.25) is 10.0 Å². The number of anilines is 1. The number of nitrogens with zero attached hydrogens (tertiary/aromatic N) is 4. The van der Waals surface area contributed by atoms with E-state index in [0.717, 1.165) is 40.4 Å². The van der Waals surface area contributed by atoms with Crippen LogP contribution in [0.4, 0.5) is 5.69 Å². The summed E-state index contributed by atoms with van der Waals surface area (Å²) >= 11 is 17.8. The smallest absolute Gasteiger partial charge is 0.171 e. The van der Waals surface area contributed by atoms with Gasteiger partial charge in [0.2, 0.25) is 0 Å². The second-order valence-corrected chi connectivity index (χ2v) is 8.07. The van der Waals surface area contributed by atoms with Gasteiger partial charge < -0.3 is 10.6 Å². The standard InChI is InChI=1S/C20H24Cl2N6S/c1-5-27-13(3)16(10-24-27)9-23-20(29)25-19-12(2)26-28(14(19)4)11-15-6-7-17(21)8-18(15)22/h6-8,10H,5,9,11H2,1-4H3,(H2,23,25,29). The molecule has 3 aromatic rings. The molecule has 1 aromatic carbocycles. The van der Waals surface area contributed by atoms with E-state index in [0.29, 0.717) is 28.2 Å². The van der Waals surface area contributed by atoms with Crippen LogP contribution in [0.5, 0.6) is 0 Å². The molecule has 0 spiro atoms. The number of rotatable bonds is 6. The van der Waals surface area contributed by atoms with Crippen LogP contribution in [0.25, 0.3) is 0 Å². The van der Waals surface area contributed by atoms with Crippen LogP contribution in [-0.4, -0.2) is 24.7 Å². The lowest BCUT2D eigenvalue weighted by Gasteiger charge is -2.12. The Morgan fingerprint density at radius 3 is 2.52 bits per heavy atom. The zero-order valence-corrected chi connectivity index (χ0v) is 19.2. The van der Waals surface area contributed by atoms with Crippen molar-refractivity contribution in [3.63, 3.8) is 0 Å². The zero-order chi connectivity index (χ0) is 21.1. The van der Waals surface area contributed by atoms with Crippen molar-refractivity contribution in [2.75, 3.05) is 5.32 Å². The van der Waals surface area contributed by atoms with Crippen LogP contribution in [0.1, 0.15) is 35.1 Å². The van der Waals surface area contributed by atoms with Crippen molar-refractivity contribution in [3.8, 4) is 0 Å². The molecule has 0 fully saturated rings. The van der Waals surface area contributed by atoms with Crippen LogP contribution in [0.3, 0.4) is 0 Å². The number of hydrogen-bond acceptors (Lipinski definition) is 3. The van der Waals surface area contributed by atoms with Gasteiger partial charge in [-0.05, 0) is 57.6 Å². The van der Waals surface area contributed by atoms with Gasteiger partial charge in [-0.2, -0.15) is 10.2 Å². The van der Waals surface area contributed by atoms with Gasteiger partial charge in [-0.3, -0.25) is 9.36 Å². The Hall–Kier alpha value is -2.09. The van der Waals surface area contributed by atoms with Crippen LogP contribution in [-0.2, 0) is 19.6 Å². The molecule has 2 heterocycles. The first-order chi connectivity index (χ1) is 13.8. The minimum Gasteiger partial charge on any atom is -0.358 e. The van der Waals surface area contributed by atoms with E-state index in [9.17, 15) is 0 Å². The Balaban J connectivity index is 1.67. The van der Waals surface area contributed by atoms with E-state index in [1.807, 2.05) is 41.5 Å². The second kappa shape index (κ2) is 9.15. The molecule has 9 heteroatoms. The van der Waals surface area contributed by atoms with Crippen LogP contribution < -0.4 is 10.6 Å². The molecular weight excluding hydrogens is 427 g/mol. The molecule has 0 atom stereocenters. The fourth-order valence-electron chi connectivity index (χ4n) is 3.15. The highest BCUT2D eigenvalue weighted by Crippen LogP contribution is 2.25. The minimum absolute atomic E-state index is 0.545. The Bertz CT molecular complexity index is 1040. The number of halogens is 2. The number of aromatic nitrogens is 4. The van der Waals surface area contributed by atoms with E-state index in [4.69, 9.17) is 35.4 Å². The molecule has 0 saturated carbocycles. The highest BCUT2D eigenvalue weighted by Gasteiger charge is 2.14. The first-order valence-electron chi connectivity index (χ1n) is 9.34. The van der Waals surface area contributed by atoms with Crippen LogP contribution in [0.15, 0.2) is 24.4 Å². The van der Waals surface area contributed by atoms with E-state index >= 15 is 0 Å². The van der Waals surface area contributed by atoms with E-state index in [1.165, 1.54) is 0 Å². The summed E-state index contributed by atoms with van der Waals surface area (Å²) in [4.78, 5) is 0. The number of aryl methyl sites for hydroxylation is 2. The Morgan fingerprint density at radius 2 is 1.86 bits per heavy atom. The molecule has 0 aliphatic heterocycles. The summed E-state index contributed by atoms with van der Waals surface area (Å²) in [5.74, 6) is 0. The number of hydrogen-bond donors (Lipinski definition) is 2. The fraction of sp³-hybridized carbons (Fsp3) is 0.350. The molecule has 2 N–H and O–H groups in total. The summed E-state index contributed by atoms with van der Waals surface area (Å²) in [5.41, 5.74) is 5.96. The molecular formula is C20H24Cl2N6S. The van der Waals surface area contributed by atoms with E-state index in [-0.39, 0.29) is 0 Å². The lowest BCUT2D eigenvalue weighted by Crippen LogP contribution is -2.28. The second-order valence-electron chi connectivity index (χ2n) is 6.82. The van der Waals surface area contributed by atoms with E-state index in [2.05, 4.69) is 34.7 Å². The average molecular weight is 451 g/mol. The monoisotopic (exact) mass is 450 g/mol. The molecule has 0 amide bonds. The number of benzene rings is 1. The van der Waals surface area contributed by atoms with E-state index < -0.39 is 0 Å². The Kier molecular flexibility index (Phi) is 6.82. The van der Waals surface area contributed by atoms with Crippen molar-refractivity contribution < 1.29 is 0 Å². The topological polar surface area (TPSA) is 59.7 Å². The summed E-state index contributed by atoms with van der Waals surface area (Å²) in [6.45, 7) is 10.1. The van der Waals surface area contributed by atoms with Gasteiger partial charge in [-0.15, -0.1) is 0 Å². The van der Waals surface area contributed by atoms with Gasteiger partial charge in [0.05, 0.1) is 29.8 Å².